The van der Waals surface area contributed by atoms with Gasteiger partial charge in [0.1, 0.15) is 73.2 Å². The van der Waals surface area contributed by atoms with Crippen molar-refractivity contribution in [1.82, 2.24) is 5.32 Å². The van der Waals surface area contributed by atoms with Crippen molar-refractivity contribution in [3.63, 3.8) is 0 Å². The van der Waals surface area contributed by atoms with Crippen LogP contribution in [0.3, 0.4) is 0 Å². The summed E-state index contributed by atoms with van der Waals surface area (Å²) in [5.74, 6) is -0.295. The number of allylic oxidation sites excluding steroid dienone is 22. The molecule has 17 unspecified atom stereocenters. The summed E-state index contributed by atoms with van der Waals surface area (Å²) in [5, 5.41) is 119. The third-order valence-electron chi connectivity index (χ3n) is 14.5. The Hall–Kier alpha value is -4.07. The molecule has 0 spiro atoms. The highest BCUT2D eigenvalue weighted by Crippen LogP contribution is 2.33. The van der Waals surface area contributed by atoms with Gasteiger partial charge < -0.3 is 89.9 Å². The van der Waals surface area contributed by atoms with Gasteiger partial charge in [0.15, 0.2) is 18.9 Å². The first-order chi connectivity index (χ1) is 41.3. The molecule has 19 heteroatoms. The van der Waals surface area contributed by atoms with Crippen molar-refractivity contribution in [2.24, 2.45) is 0 Å². The minimum absolute atomic E-state index is 0.213. The van der Waals surface area contributed by atoms with Crippen LogP contribution < -0.4 is 5.32 Å². The molecule has 0 bridgehead atoms. The van der Waals surface area contributed by atoms with E-state index in [1.54, 1.807) is 0 Å². The normalized spacial score (nSPS) is 29.9. The Morgan fingerprint density at radius 2 is 0.812 bits per heavy atom. The Balaban J connectivity index is 1.29. The number of carbonyl (C=O) groups is 1. The lowest BCUT2D eigenvalue weighted by Crippen LogP contribution is -2.66. The summed E-state index contributed by atoms with van der Waals surface area (Å²) < 4.78 is 34.0. The first kappa shape index (κ1) is 75.2. The molecule has 1 amide bonds. The second-order valence-electron chi connectivity index (χ2n) is 21.4. The van der Waals surface area contributed by atoms with Gasteiger partial charge in [0, 0.05) is 6.42 Å². The minimum atomic E-state index is -1.98. The third-order valence-corrected chi connectivity index (χ3v) is 14.5. The summed E-state index contributed by atoms with van der Waals surface area (Å²) in [5.41, 5.74) is 0. The Bertz CT molecular complexity index is 2060. The van der Waals surface area contributed by atoms with Gasteiger partial charge in [-0.2, -0.15) is 0 Å². The Labute approximate surface area is 505 Å². The van der Waals surface area contributed by atoms with Crippen molar-refractivity contribution in [3.8, 4) is 0 Å². The molecule has 0 aromatic carbocycles. The van der Waals surface area contributed by atoms with E-state index in [9.17, 15) is 61.0 Å². The molecule has 0 radical (unpaired) electrons. The number of aliphatic hydroxyl groups is 11. The largest absolute Gasteiger partial charge is 0.394 e. The summed E-state index contributed by atoms with van der Waals surface area (Å²) in [6, 6.07) is -0.911. The first-order valence-electron chi connectivity index (χ1n) is 30.9. The van der Waals surface area contributed by atoms with Crippen molar-refractivity contribution in [1.29, 1.82) is 0 Å². The molecule has 3 saturated heterocycles. The summed E-state index contributed by atoms with van der Waals surface area (Å²) >= 11 is 0. The van der Waals surface area contributed by atoms with Crippen molar-refractivity contribution in [2.45, 2.75) is 247 Å². The van der Waals surface area contributed by atoms with Crippen LogP contribution in [0.5, 0.6) is 0 Å². The van der Waals surface area contributed by atoms with Crippen LogP contribution >= 0.6 is 0 Å². The number of nitrogens with one attached hydrogen (secondary N) is 1. The lowest BCUT2D eigenvalue weighted by atomic mass is 9.96. The van der Waals surface area contributed by atoms with E-state index in [2.05, 4.69) is 146 Å². The number of rotatable bonds is 43. The van der Waals surface area contributed by atoms with Crippen molar-refractivity contribution in [2.75, 3.05) is 26.4 Å². The first-order valence-corrected chi connectivity index (χ1v) is 30.9. The molecule has 3 aliphatic heterocycles. The molecule has 3 fully saturated rings. The van der Waals surface area contributed by atoms with Gasteiger partial charge in [-0.25, -0.2) is 0 Å². The number of carbonyl (C=O) groups excluding carboxylic acids is 1. The molecule has 19 nitrogen and oxygen atoms in total. The number of hydrogen-bond donors (Lipinski definition) is 12. The second-order valence-corrected chi connectivity index (χ2v) is 21.4. The molecule has 0 aliphatic carbocycles. The SMILES string of the molecule is CC/C=C\C/C=C\C/C=C\C/C=C\C/C=C\C/C=C\C/C=C\C/C=C\C/C=C\C/C=C\C/C=C\CCCCCC(=O)NC(COC1OC(CO)C(OC2OC(CO)C(OC3OC(CO)C(O)C(O)C3O)C(O)C2O)C(O)C1O)C(O)CCCCC. The molecular weight excluding hydrogens is 1090 g/mol. The van der Waals surface area contributed by atoms with E-state index in [1.807, 2.05) is 6.92 Å². The molecule has 17 atom stereocenters. The van der Waals surface area contributed by atoms with E-state index in [1.165, 1.54) is 0 Å². The van der Waals surface area contributed by atoms with Crippen molar-refractivity contribution >= 4 is 5.91 Å². The maximum Gasteiger partial charge on any atom is 0.220 e. The Morgan fingerprint density at radius 1 is 0.435 bits per heavy atom. The van der Waals surface area contributed by atoms with Gasteiger partial charge in [0.25, 0.3) is 0 Å². The molecule has 3 aliphatic rings. The monoisotopic (exact) mass is 1200 g/mol. The number of ether oxygens (including phenoxy) is 6. The van der Waals surface area contributed by atoms with Gasteiger partial charge in [0.05, 0.1) is 38.6 Å². The molecule has 482 valence electrons. The minimum Gasteiger partial charge on any atom is -0.394 e. The van der Waals surface area contributed by atoms with Gasteiger partial charge in [0.2, 0.25) is 5.91 Å². The molecule has 85 heavy (non-hydrogen) atoms. The summed E-state index contributed by atoms with van der Waals surface area (Å²) in [7, 11) is 0. The van der Waals surface area contributed by atoms with Crippen molar-refractivity contribution in [3.05, 3.63) is 134 Å². The van der Waals surface area contributed by atoms with E-state index in [-0.39, 0.29) is 18.9 Å². The Morgan fingerprint density at radius 3 is 1.22 bits per heavy atom. The second kappa shape index (κ2) is 47.0. The van der Waals surface area contributed by atoms with Crippen molar-refractivity contribution < 1.29 is 89.4 Å². The average Bonchev–Trinajstić information content (AvgIpc) is 3.44. The maximum absolute atomic E-state index is 13.1. The average molecular weight is 1200 g/mol. The zero-order valence-corrected chi connectivity index (χ0v) is 50.3. The van der Waals surface area contributed by atoms with E-state index < -0.39 is 124 Å². The summed E-state index contributed by atoms with van der Waals surface area (Å²) in [6.07, 6.45) is 38.3. The highest BCUT2D eigenvalue weighted by atomic mass is 16.8. The van der Waals surface area contributed by atoms with Gasteiger partial charge in [-0.15, -0.1) is 0 Å². The number of aliphatic hydroxyl groups excluding tert-OH is 11. The summed E-state index contributed by atoms with van der Waals surface area (Å²) in [4.78, 5) is 13.1. The van der Waals surface area contributed by atoms with Crippen LogP contribution in [0.25, 0.3) is 0 Å². The van der Waals surface area contributed by atoms with Crippen LogP contribution in [0.2, 0.25) is 0 Å². The predicted molar refractivity (Wildman–Crippen MR) is 327 cm³/mol. The Kier molecular flexibility index (Phi) is 41.6. The standard InChI is InChI=1S/C66H105NO18/c1-3-5-7-8-9-10-11-12-13-14-15-16-17-18-19-20-21-22-23-24-25-26-27-28-29-30-31-32-33-34-35-36-37-38-39-40-42-44-54(72)67-49(50(71)43-41-6-4-2)48-80-64-60(78)57(75)62(52(46-69)82-64)85-66-61(79)58(76)63(53(47-70)83-66)84-65-59(77)56(74)55(73)51(45-68)81-65/h5,7,9-10,12-13,15-16,18-19,21-22,24-25,27-28,30-31,33-34,36-37,49-53,55-66,68-71,73-79H,3-4,6,8,11,14,17,20,23,26,29,32,35,38-48H2,1-2H3,(H,67,72)/b7-5-,10-9-,13-12-,16-15-,19-18-,22-21-,25-24-,28-27-,31-30-,34-33-,37-36-. The van der Waals surface area contributed by atoms with Crippen LogP contribution in [-0.4, -0.2) is 193 Å². The van der Waals surface area contributed by atoms with E-state index >= 15 is 0 Å². The smallest absolute Gasteiger partial charge is 0.220 e. The van der Waals surface area contributed by atoms with Gasteiger partial charge in [-0.1, -0.05) is 173 Å². The molecular formula is C66H105NO18. The molecule has 3 heterocycles. The molecule has 0 saturated carbocycles. The fourth-order valence-electron chi connectivity index (χ4n) is 9.43. The molecule has 12 N–H and O–H groups in total. The van der Waals surface area contributed by atoms with Crippen LogP contribution in [0, 0.1) is 0 Å². The zero-order valence-electron chi connectivity index (χ0n) is 50.3. The number of unbranched alkanes of at least 4 members (excludes halogenated alkanes) is 5. The van der Waals surface area contributed by atoms with Gasteiger partial charge in [-0.3, -0.25) is 4.79 Å². The number of hydrogen-bond acceptors (Lipinski definition) is 18. The van der Waals surface area contributed by atoms with Crippen LogP contribution in [0.4, 0.5) is 0 Å². The lowest BCUT2D eigenvalue weighted by molar-refractivity contribution is -0.379. The fourth-order valence-corrected chi connectivity index (χ4v) is 9.43. The zero-order chi connectivity index (χ0) is 61.9. The molecule has 0 aromatic heterocycles. The summed E-state index contributed by atoms with van der Waals surface area (Å²) in [6.45, 7) is 1.41. The van der Waals surface area contributed by atoms with Gasteiger partial charge >= 0.3 is 0 Å². The van der Waals surface area contributed by atoms with Crippen LogP contribution in [0.15, 0.2) is 134 Å². The van der Waals surface area contributed by atoms with E-state index in [0.717, 1.165) is 103 Å². The van der Waals surface area contributed by atoms with Gasteiger partial charge in [-0.05, 0) is 96.3 Å². The number of amides is 1. The molecule has 0 aromatic rings. The highest BCUT2D eigenvalue weighted by molar-refractivity contribution is 5.76. The topological polar surface area (TPSA) is 307 Å². The van der Waals surface area contributed by atoms with Crippen LogP contribution in [0.1, 0.15) is 142 Å². The van der Waals surface area contributed by atoms with Crippen LogP contribution in [-0.2, 0) is 33.2 Å². The third kappa shape index (κ3) is 30.1. The van der Waals surface area contributed by atoms with E-state index in [0.29, 0.717) is 19.3 Å². The highest BCUT2D eigenvalue weighted by Gasteiger charge is 2.53. The lowest BCUT2D eigenvalue weighted by Gasteiger charge is -2.48. The fraction of sp³-hybridized carbons (Fsp3) is 0.652. The molecule has 3 rings (SSSR count). The predicted octanol–water partition coefficient (Wildman–Crippen LogP) is 6.26. The van der Waals surface area contributed by atoms with E-state index in [4.69, 9.17) is 28.4 Å². The maximum atomic E-state index is 13.1. The quantitative estimate of drug-likeness (QED) is 0.0237.